The Labute approximate surface area is 96.6 Å². The number of hydrogen-bond donors (Lipinski definition) is 1. The van der Waals surface area contributed by atoms with E-state index in [0.717, 1.165) is 12.1 Å². The van der Waals surface area contributed by atoms with Crippen molar-refractivity contribution in [2.24, 2.45) is 5.73 Å². The van der Waals surface area contributed by atoms with Crippen molar-refractivity contribution in [3.8, 4) is 12.3 Å². The van der Waals surface area contributed by atoms with Gasteiger partial charge < -0.3 is 5.73 Å². The van der Waals surface area contributed by atoms with E-state index in [-0.39, 0.29) is 5.56 Å². The van der Waals surface area contributed by atoms with Crippen LogP contribution in [0.25, 0.3) is 0 Å². The Morgan fingerprint density at radius 3 is 2.53 bits per heavy atom. The molecule has 0 aliphatic carbocycles. The molecule has 0 saturated carbocycles. The maximum atomic E-state index is 13.0. The number of hydrogen-bond acceptors (Lipinski definition) is 1. The normalized spacial score (nSPS) is 13.2. The SMILES string of the molecule is C#CCCC(N)c1ccc(F)c(C(F)(F)F)c1. The van der Waals surface area contributed by atoms with Crippen LogP contribution in [0.15, 0.2) is 18.2 Å². The molecule has 0 bridgehead atoms. The van der Waals surface area contributed by atoms with Crippen LogP contribution in [0.3, 0.4) is 0 Å². The van der Waals surface area contributed by atoms with E-state index in [1.54, 1.807) is 0 Å². The molecule has 17 heavy (non-hydrogen) atoms. The van der Waals surface area contributed by atoms with Crippen LogP contribution in [0.4, 0.5) is 17.6 Å². The van der Waals surface area contributed by atoms with Gasteiger partial charge in [-0.3, -0.25) is 0 Å². The molecule has 1 aromatic rings. The summed E-state index contributed by atoms with van der Waals surface area (Å²) in [7, 11) is 0. The van der Waals surface area contributed by atoms with E-state index in [1.807, 2.05) is 0 Å². The lowest BCUT2D eigenvalue weighted by atomic mass is 10.0. The summed E-state index contributed by atoms with van der Waals surface area (Å²) in [5, 5.41) is 0. The van der Waals surface area contributed by atoms with Gasteiger partial charge in [0.2, 0.25) is 0 Å². The Kier molecular flexibility index (Phi) is 4.13. The van der Waals surface area contributed by atoms with Crippen molar-refractivity contribution in [1.29, 1.82) is 0 Å². The summed E-state index contributed by atoms with van der Waals surface area (Å²) in [4.78, 5) is 0. The van der Waals surface area contributed by atoms with Crippen LogP contribution in [-0.2, 0) is 6.18 Å². The summed E-state index contributed by atoms with van der Waals surface area (Å²) < 4.78 is 50.3. The number of benzene rings is 1. The Morgan fingerprint density at radius 1 is 1.35 bits per heavy atom. The van der Waals surface area contributed by atoms with Gasteiger partial charge in [-0.2, -0.15) is 13.2 Å². The van der Waals surface area contributed by atoms with E-state index < -0.39 is 23.6 Å². The zero-order chi connectivity index (χ0) is 13.1. The summed E-state index contributed by atoms with van der Waals surface area (Å²) in [6.45, 7) is 0. The molecular formula is C12H11F4N. The molecule has 0 saturated heterocycles. The highest BCUT2D eigenvalue weighted by molar-refractivity contribution is 5.29. The summed E-state index contributed by atoms with van der Waals surface area (Å²) in [5.41, 5.74) is 4.59. The monoisotopic (exact) mass is 245 g/mol. The van der Waals surface area contributed by atoms with E-state index >= 15 is 0 Å². The van der Waals surface area contributed by atoms with Crippen LogP contribution >= 0.6 is 0 Å². The average molecular weight is 245 g/mol. The highest BCUT2D eigenvalue weighted by atomic mass is 19.4. The smallest absolute Gasteiger partial charge is 0.324 e. The van der Waals surface area contributed by atoms with Crippen LogP contribution in [0.1, 0.15) is 30.0 Å². The van der Waals surface area contributed by atoms with E-state index in [2.05, 4.69) is 5.92 Å². The quantitative estimate of drug-likeness (QED) is 0.642. The van der Waals surface area contributed by atoms with Gasteiger partial charge in [0.1, 0.15) is 5.82 Å². The van der Waals surface area contributed by atoms with Gasteiger partial charge >= 0.3 is 6.18 Å². The maximum absolute atomic E-state index is 13.0. The largest absolute Gasteiger partial charge is 0.419 e. The molecule has 0 amide bonds. The second kappa shape index (κ2) is 5.19. The van der Waals surface area contributed by atoms with Crippen molar-refractivity contribution in [2.45, 2.75) is 25.1 Å². The fraction of sp³-hybridized carbons (Fsp3) is 0.333. The van der Waals surface area contributed by atoms with Gasteiger partial charge in [0.25, 0.3) is 0 Å². The molecule has 0 radical (unpaired) electrons. The molecule has 5 heteroatoms. The van der Waals surface area contributed by atoms with Crippen molar-refractivity contribution < 1.29 is 17.6 Å². The van der Waals surface area contributed by atoms with Gasteiger partial charge in [0, 0.05) is 12.5 Å². The second-order valence-electron chi connectivity index (χ2n) is 3.59. The van der Waals surface area contributed by atoms with Gasteiger partial charge in [-0.05, 0) is 24.1 Å². The van der Waals surface area contributed by atoms with Crippen molar-refractivity contribution >= 4 is 0 Å². The highest BCUT2D eigenvalue weighted by Crippen LogP contribution is 2.33. The Bertz CT molecular complexity index is 431. The van der Waals surface area contributed by atoms with Gasteiger partial charge in [-0.25, -0.2) is 4.39 Å². The van der Waals surface area contributed by atoms with Crippen molar-refractivity contribution in [3.05, 3.63) is 35.1 Å². The molecule has 0 spiro atoms. The summed E-state index contributed by atoms with van der Waals surface area (Å²) >= 11 is 0. The molecule has 0 aliphatic heterocycles. The fourth-order valence-electron chi connectivity index (χ4n) is 1.40. The molecule has 1 atom stereocenters. The molecule has 1 aromatic carbocycles. The number of nitrogens with two attached hydrogens (primary N) is 1. The minimum Gasteiger partial charge on any atom is -0.324 e. The summed E-state index contributed by atoms with van der Waals surface area (Å²) in [6, 6.07) is 2.13. The first-order valence-electron chi connectivity index (χ1n) is 4.92. The van der Waals surface area contributed by atoms with Gasteiger partial charge in [-0.1, -0.05) is 6.07 Å². The Morgan fingerprint density at radius 2 is 2.00 bits per heavy atom. The minimum atomic E-state index is -4.72. The lowest BCUT2D eigenvalue weighted by molar-refractivity contribution is -0.140. The van der Waals surface area contributed by atoms with E-state index in [0.29, 0.717) is 12.8 Å². The van der Waals surface area contributed by atoms with E-state index in [1.165, 1.54) is 6.07 Å². The van der Waals surface area contributed by atoms with Crippen molar-refractivity contribution in [1.82, 2.24) is 0 Å². The molecule has 0 aromatic heterocycles. The third kappa shape index (κ3) is 3.46. The fourth-order valence-corrected chi connectivity index (χ4v) is 1.40. The number of halogens is 4. The van der Waals surface area contributed by atoms with Crippen LogP contribution in [-0.4, -0.2) is 0 Å². The molecule has 92 valence electrons. The van der Waals surface area contributed by atoms with Crippen molar-refractivity contribution in [2.75, 3.05) is 0 Å². The first-order chi connectivity index (χ1) is 7.86. The second-order valence-corrected chi connectivity index (χ2v) is 3.59. The molecular weight excluding hydrogens is 234 g/mol. The number of terminal acetylenes is 1. The lowest BCUT2D eigenvalue weighted by Gasteiger charge is -2.14. The molecule has 0 aliphatic rings. The highest BCUT2D eigenvalue weighted by Gasteiger charge is 2.34. The van der Waals surface area contributed by atoms with Gasteiger partial charge in [0.15, 0.2) is 0 Å². The first-order valence-corrected chi connectivity index (χ1v) is 4.92. The molecule has 1 rings (SSSR count). The molecule has 0 heterocycles. The van der Waals surface area contributed by atoms with E-state index in [9.17, 15) is 17.6 Å². The standard InChI is InChI=1S/C12H11F4N/c1-2-3-4-11(17)8-5-6-10(13)9(7-8)12(14,15)16/h1,5-7,11H,3-4,17H2. The maximum Gasteiger partial charge on any atom is 0.419 e. The number of rotatable bonds is 3. The Hall–Kier alpha value is -1.54. The number of alkyl halides is 3. The van der Waals surface area contributed by atoms with Crippen LogP contribution in [0.5, 0.6) is 0 Å². The minimum absolute atomic E-state index is 0.231. The molecule has 2 N–H and O–H groups in total. The average Bonchev–Trinajstić information content (AvgIpc) is 2.25. The molecule has 1 nitrogen and oxygen atoms in total. The van der Waals surface area contributed by atoms with Crippen LogP contribution in [0.2, 0.25) is 0 Å². The predicted molar refractivity (Wildman–Crippen MR) is 56.4 cm³/mol. The molecule has 1 unspecified atom stereocenters. The Balaban J connectivity index is 3.01. The van der Waals surface area contributed by atoms with Crippen LogP contribution in [0, 0.1) is 18.2 Å². The third-order valence-corrected chi connectivity index (χ3v) is 2.32. The van der Waals surface area contributed by atoms with Crippen LogP contribution < -0.4 is 5.73 Å². The zero-order valence-electron chi connectivity index (χ0n) is 8.89. The summed E-state index contributed by atoms with van der Waals surface area (Å²) in [5.74, 6) is 1.05. The molecule has 0 fully saturated rings. The first kappa shape index (κ1) is 13.5. The van der Waals surface area contributed by atoms with Crippen molar-refractivity contribution in [3.63, 3.8) is 0 Å². The van der Waals surface area contributed by atoms with Gasteiger partial charge in [0.05, 0.1) is 5.56 Å². The third-order valence-electron chi connectivity index (χ3n) is 2.32. The lowest BCUT2D eigenvalue weighted by Crippen LogP contribution is -2.14. The van der Waals surface area contributed by atoms with Gasteiger partial charge in [-0.15, -0.1) is 12.3 Å². The predicted octanol–water partition coefficient (Wildman–Crippen LogP) is 3.26. The zero-order valence-corrected chi connectivity index (χ0v) is 8.89. The topological polar surface area (TPSA) is 26.0 Å². The summed E-state index contributed by atoms with van der Waals surface area (Å²) in [6.07, 6.45) is 1.04. The van der Waals surface area contributed by atoms with E-state index in [4.69, 9.17) is 12.2 Å².